The Bertz CT molecular complexity index is 637. The van der Waals surface area contributed by atoms with Gasteiger partial charge in [0.2, 0.25) is 0 Å². The van der Waals surface area contributed by atoms with Crippen LogP contribution in [0.25, 0.3) is 10.8 Å². The molecule has 0 aliphatic carbocycles. The fourth-order valence-corrected chi connectivity index (χ4v) is 2.87. The molecule has 2 aromatic heterocycles. The van der Waals surface area contributed by atoms with E-state index in [1.54, 1.807) is 28.7 Å². The van der Waals surface area contributed by atoms with Gasteiger partial charge in [-0.05, 0) is 17.9 Å². The predicted molar refractivity (Wildman–Crippen MR) is 90.2 cm³/mol. The van der Waals surface area contributed by atoms with Gasteiger partial charge in [0.25, 0.3) is 5.91 Å². The van der Waals surface area contributed by atoms with Crippen LogP contribution in [0.5, 0.6) is 0 Å². The van der Waals surface area contributed by atoms with Gasteiger partial charge in [0, 0.05) is 37.5 Å². The van der Waals surface area contributed by atoms with Gasteiger partial charge in [-0.15, -0.1) is 11.3 Å². The Kier molecular flexibility index (Phi) is 5.79. The van der Waals surface area contributed by atoms with Gasteiger partial charge >= 0.3 is 0 Å². The maximum Gasteiger partial charge on any atom is 0.273 e. The lowest BCUT2D eigenvalue weighted by Crippen LogP contribution is -2.39. The second-order valence-corrected chi connectivity index (χ2v) is 7.33. The molecule has 0 fully saturated rings. The topological polar surface area (TPSA) is 79.2 Å². The molecular formula is C16H22N4O2S. The number of nitrogens with zero attached hydrogens (tertiary/aromatic N) is 4. The first kappa shape index (κ1) is 17.5. The number of aliphatic hydroxyl groups is 1. The van der Waals surface area contributed by atoms with E-state index in [-0.39, 0.29) is 17.9 Å². The van der Waals surface area contributed by atoms with Crippen molar-refractivity contribution in [1.29, 1.82) is 0 Å². The summed E-state index contributed by atoms with van der Waals surface area (Å²) >= 11 is 1.36. The van der Waals surface area contributed by atoms with E-state index >= 15 is 0 Å². The number of amides is 1. The maximum absolute atomic E-state index is 12.7. The molecule has 2 aromatic rings. The minimum Gasteiger partial charge on any atom is -0.396 e. The van der Waals surface area contributed by atoms with Gasteiger partial charge in [0.15, 0.2) is 10.8 Å². The van der Waals surface area contributed by atoms with Crippen LogP contribution < -0.4 is 0 Å². The number of hydrogen-bond donors (Lipinski definition) is 1. The fourth-order valence-electron chi connectivity index (χ4n) is 2.13. The molecule has 0 saturated heterocycles. The Hall–Kier alpha value is -1.86. The molecule has 0 aliphatic rings. The van der Waals surface area contributed by atoms with Gasteiger partial charge in [-0.2, -0.15) is 0 Å². The molecule has 0 radical (unpaired) electrons. The van der Waals surface area contributed by atoms with Crippen LogP contribution in [0.15, 0.2) is 23.8 Å². The van der Waals surface area contributed by atoms with Gasteiger partial charge in [0.05, 0.1) is 0 Å². The average Bonchev–Trinajstić information content (AvgIpc) is 3.00. The molecule has 124 valence electrons. The lowest BCUT2D eigenvalue weighted by molar-refractivity contribution is 0.0677. The molecule has 0 aromatic carbocycles. The van der Waals surface area contributed by atoms with E-state index in [0.717, 1.165) is 0 Å². The summed E-state index contributed by atoms with van der Waals surface area (Å²) < 4.78 is 0. The maximum atomic E-state index is 12.7. The molecule has 23 heavy (non-hydrogen) atoms. The summed E-state index contributed by atoms with van der Waals surface area (Å²) in [6.07, 6.45) is 3.86. The lowest BCUT2D eigenvalue weighted by Gasteiger charge is -2.29. The SMILES string of the molecule is CC(C)(C)CN(CCCO)C(=O)c1csc(-c2ncccn2)n1. The number of thiazole rings is 1. The first-order valence-electron chi connectivity index (χ1n) is 7.54. The van der Waals surface area contributed by atoms with Crippen LogP contribution in [-0.4, -0.2) is 50.6 Å². The second kappa shape index (κ2) is 7.61. The Morgan fingerprint density at radius 1 is 1.30 bits per heavy atom. The van der Waals surface area contributed by atoms with Crippen LogP contribution in [-0.2, 0) is 0 Å². The summed E-state index contributed by atoms with van der Waals surface area (Å²) in [6, 6.07) is 1.74. The van der Waals surface area contributed by atoms with Gasteiger partial charge in [-0.25, -0.2) is 15.0 Å². The summed E-state index contributed by atoms with van der Waals surface area (Å²) in [5, 5.41) is 11.4. The van der Waals surface area contributed by atoms with Crippen LogP contribution in [0, 0.1) is 5.41 Å². The van der Waals surface area contributed by atoms with Crippen molar-refractivity contribution < 1.29 is 9.90 Å². The van der Waals surface area contributed by atoms with Gasteiger partial charge in [-0.3, -0.25) is 4.79 Å². The number of aliphatic hydroxyl groups excluding tert-OH is 1. The fraction of sp³-hybridized carbons (Fsp3) is 0.500. The first-order valence-corrected chi connectivity index (χ1v) is 8.42. The minimum absolute atomic E-state index is 0.0213. The van der Waals surface area contributed by atoms with E-state index in [9.17, 15) is 4.79 Å². The van der Waals surface area contributed by atoms with E-state index < -0.39 is 0 Å². The number of rotatable bonds is 6. The quantitative estimate of drug-likeness (QED) is 0.878. The van der Waals surface area contributed by atoms with E-state index in [0.29, 0.717) is 36.0 Å². The highest BCUT2D eigenvalue weighted by atomic mass is 32.1. The highest BCUT2D eigenvalue weighted by Crippen LogP contribution is 2.22. The Morgan fingerprint density at radius 3 is 2.61 bits per heavy atom. The van der Waals surface area contributed by atoms with Crippen molar-refractivity contribution in [1.82, 2.24) is 19.9 Å². The molecule has 0 unspecified atom stereocenters. The number of aromatic nitrogens is 3. The first-order chi connectivity index (χ1) is 10.9. The zero-order valence-corrected chi connectivity index (χ0v) is 14.5. The third-order valence-corrected chi connectivity index (χ3v) is 3.86. The number of carbonyl (C=O) groups is 1. The molecule has 2 rings (SSSR count). The molecule has 6 nitrogen and oxygen atoms in total. The van der Waals surface area contributed by atoms with Crippen molar-refractivity contribution in [2.45, 2.75) is 27.2 Å². The Balaban J connectivity index is 2.18. The average molecular weight is 334 g/mol. The van der Waals surface area contributed by atoms with E-state index in [1.807, 2.05) is 0 Å². The minimum atomic E-state index is -0.119. The van der Waals surface area contributed by atoms with Crippen LogP contribution in [0.2, 0.25) is 0 Å². The molecule has 0 atom stereocenters. The molecule has 0 saturated carbocycles. The summed E-state index contributed by atoms with van der Waals surface area (Å²) in [5.41, 5.74) is 0.381. The summed E-state index contributed by atoms with van der Waals surface area (Å²) in [4.78, 5) is 27.2. The molecule has 0 bridgehead atoms. The molecule has 2 heterocycles. The Morgan fingerprint density at radius 2 is 2.00 bits per heavy atom. The van der Waals surface area contributed by atoms with Crippen molar-refractivity contribution in [3.05, 3.63) is 29.5 Å². The number of hydrogen-bond acceptors (Lipinski definition) is 6. The molecule has 1 amide bonds. The summed E-state index contributed by atoms with van der Waals surface area (Å²) in [5.74, 6) is 0.404. The van der Waals surface area contributed by atoms with Crippen LogP contribution in [0.3, 0.4) is 0 Å². The highest BCUT2D eigenvalue weighted by Gasteiger charge is 2.24. The van der Waals surface area contributed by atoms with Crippen LogP contribution in [0.4, 0.5) is 0 Å². The van der Waals surface area contributed by atoms with E-state index in [1.165, 1.54) is 11.3 Å². The third kappa shape index (κ3) is 5.07. The smallest absolute Gasteiger partial charge is 0.273 e. The van der Waals surface area contributed by atoms with Crippen molar-refractivity contribution in [3.63, 3.8) is 0 Å². The standard InChI is InChI=1S/C16H22N4O2S/c1-16(2,3)11-20(8-5-9-21)15(22)12-10-23-14(19-12)13-17-6-4-7-18-13/h4,6-7,10,21H,5,8-9,11H2,1-3H3. The van der Waals surface area contributed by atoms with Crippen molar-refractivity contribution in [2.24, 2.45) is 5.41 Å². The molecule has 1 N–H and O–H groups in total. The molecule has 7 heteroatoms. The monoisotopic (exact) mass is 334 g/mol. The molecule has 0 spiro atoms. The molecular weight excluding hydrogens is 312 g/mol. The van der Waals surface area contributed by atoms with E-state index in [2.05, 4.69) is 35.7 Å². The second-order valence-electron chi connectivity index (χ2n) is 6.47. The summed E-state index contributed by atoms with van der Waals surface area (Å²) in [7, 11) is 0. The van der Waals surface area contributed by atoms with E-state index in [4.69, 9.17) is 5.11 Å². The van der Waals surface area contributed by atoms with Gasteiger partial charge in [-0.1, -0.05) is 20.8 Å². The van der Waals surface area contributed by atoms with Crippen molar-refractivity contribution >= 4 is 17.2 Å². The number of carbonyl (C=O) groups excluding carboxylic acids is 1. The van der Waals surface area contributed by atoms with Crippen LogP contribution in [0.1, 0.15) is 37.7 Å². The molecule has 0 aliphatic heterocycles. The largest absolute Gasteiger partial charge is 0.396 e. The van der Waals surface area contributed by atoms with Crippen molar-refractivity contribution in [2.75, 3.05) is 19.7 Å². The predicted octanol–water partition coefficient (Wildman–Crippen LogP) is 2.47. The Labute approximate surface area is 140 Å². The van der Waals surface area contributed by atoms with Crippen LogP contribution >= 0.6 is 11.3 Å². The summed E-state index contributed by atoms with van der Waals surface area (Å²) in [6.45, 7) is 7.43. The zero-order chi connectivity index (χ0) is 16.9. The van der Waals surface area contributed by atoms with Gasteiger partial charge < -0.3 is 10.0 Å². The highest BCUT2D eigenvalue weighted by molar-refractivity contribution is 7.13. The van der Waals surface area contributed by atoms with Gasteiger partial charge in [0.1, 0.15) is 5.69 Å². The zero-order valence-electron chi connectivity index (χ0n) is 13.7. The lowest BCUT2D eigenvalue weighted by atomic mass is 9.96. The third-order valence-electron chi connectivity index (χ3n) is 3.02. The van der Waals surface area contributed by atoms with Crippen molar-refractivity contribution in [3.8, 4) is 10.8 Å². The normalized spacial score (nSPS) is 11.5.